The summed E-state index contributed by atoms with van der Waals surface area (Å²) in [6.45, 7) is 1.82. The average molecular weight is 219 g/mol. The van der Waals surface area contributed by atoms with Gasteiger partial charge in [-0.25, -0.2) is 5.10 Å². The number of aromatic amines is 1. The van der Waals surface area contributed by atoms with E-state index in [1.54, 1.807) is 23.3 Å². The number of hydrogen-bond acceptors (Lipinski definition) is 4. The molecule has 0 aliphatic heterocycles. The molecule has 0 saturated carbocycles. The molecule has 0 aliphatic rings. The number of H-pyrrole nitrogens is 1. The summed E-state index contributed by atoms with van der Waals surface area (Å²) in [6.07, 6.45) is 5.07. The van der Waals surface area contributed by atoms with Crippen molar-refractivity contribution in [2.75, 3.05) is 0 Å². The van der Waals surface area contributed by atoms with Crippen molar-refractivity contribution in [1.82, 2.24) is 19.9 Å². The van der Waals surface area contributed by atoms with Gasteiger partial charge in [-0.05, 0) is 31.3 Å². The molecule has 2 aromatic rings. The first-order chi connectivity index (χ1) is 7.33. The normalized spacial score (nSPS) is 11.0. The zero-order valence-electron chi connectivity index (χ0n) is 8.08. The van der Waals surface area contributed by atoms with E-state index in [1.165, 1.54) is 0 Å². The second kappa shape index (κ2) is 4.14. The molecule has 0 unspecified atom stereocenters. The van der Waals surface area contributed by atoms with E-state index < -0.39 is 0 Å². The van der Waals surface area contributed by atoms with Crippen LogP contribution in [0, 0.1) is 4.77 Å². The minimum absolute atomic E-state index is 0.472. The third-order valence-corrected chi connectivity index (χ3v) is 2.08. The van der Waals surface area contributed by atoms with E-state index >= 15 is 0 Å². The summed E-state index contributed by atoms with van der Waals surface area (Å²) >= 11 is 5.05. The molecule has 1 N–H and O–H groups in total. The van der Waals surface area contributed by atoms with Crippen LogP contribution in [0.15, 0.2) is 29.6 Å². The second-order valence-corrected chi connectivity index (χ2v) is 3.16. The number of nitrogens with one attached hydrogen (secondary N) is 1. The minimum Gasteiger partial charge on any atom is -0.265 e. The lowest BCUT2D eigenvalue weighted by Crippen LogP contribution is -1.93. The van der Waals surface area contributed by atoms with Gasteiger partial charge in [-0.2, -0.15) is 14.9 Å². The zero-order chi connectivity index (χ0) is 10.7. The first kappa shape index (κ1) is 9.72. The Bertz CT molecular complexity index is 525. The highest BCUT2D eigenvalue weighted by molar-refractivity contribution is 7.71. The van der Waals surface area contributed by atoms with E-state index in [-0.39, 0.29) is 0 Å². The molecule has 0 aliphatic carbocycles. The fourth-order valence-electron chi connectivity index (χ4n) is 1.20. The van der Waals surface area contributed by atoms with Gasteiger partial charge in [0.2, 0.25) is 4.77 Å². The molecule has 15 heavy (non-hydrogen) atoms. The lowest BCUT2D eigenvalue weighted by atomic mass is 10.2. The van der Waals surface area contributed by atoms with Crippen LogP contribution in [0.5, 0.6) is 0 Å². The van der Waals surface area contributed by atoms with Crippen LogP contribution in [-0.4, -0.2) is 26.1 Å². The van der Waals surface area contributed by atoms with Crippen LogP contribution in [0.3, 0.4) is 0 Å². The van der Waals surface area contributed by atoms with Crippen LogP contribution in [-0.2, 0) is 0 Å². The first-order valence-corrected chi connectivity index (χ1v) is 4.80. The fraction of sp³-hybridized carbons (Fsp3) is 0.111. The molecular weight excluding hydrogens is 210 g/mol. The van der Waals surface area contributed by atoms with Crippen LogP contribution in [0.25, 0.3) is 11.4 Å². The molecule has 0 amide bonds. The summed E-state index contributed by atoms with van der Waals surface area (Å²) < 4.78 is 2.05. The van der Waals surface area contributed by atoms with Crippen molar-refractivity contribution in [2.24, 2.45) is 5.10 Å². The van der Waals surface area contributed by atoms with Gasteiger partial charge in [-0.3, -0.25) is 4.98 Å². The summed E-state index contributed by atoms with van der Waals surface area (Å²) in [5, 5.41) is 10.9. The summed E-state index contributed by atoms with van der Waals surface area (Å²) in [4.78, 5) is 3.94. The second-order valence-electron chi connectivity index (χ2n) is 2.77. The van der Waals surface area contributed by atoms with Gasteiger partial charge in [0.25, 0.3) is 0 Å². The van der Waals surface area contributed by atoms with Crippen LogP contribution >= 0.6 is 12.2 Å². The van der Waals surface area contributed by atoms with Gasteiger partial charge in [-0.1, -0.05) is 0 Å². The first-order valence-electron chi connectivity index (χ1n) is 4.39. The van der Waals surface area contributed by atoms with Gasteiger partial charge in [0.05, 0.1) is 0 Å². The Morgan fingerprint density at radius 3 is 2.87 bits per heavy atom. The maximum absolute atomic E-state index is 5.05. The van der Waals surface area contributed by atoms with Gasteiger partial charge in [0.15, 0.2) is 5.82 Å². The van der Waals surface area contributed by atoms with Crippen LogP contribution in [0.1, 0.15) is 6.92 Å². The van der Waals surface area contributed by atoms with E-state index in [9.17, 15) is 0 Å². The molecule has 0 radical (unpaired) electrons. The van der Waals surface area contributed by atoms with Crippen molar-refractivity contribution in [3.05, 3.63) is 29.3 Å². The van der Waals surface area contributed by atoms with Gasteiger partial charge in [0.1, 0.15) is 0 Å². The topological polar surface area (TPSA) is 58.9 Å². The molecule has 0 saturated heterocycles. The highest BCUT2D eigenvalue weighted by Crippen LogP contribution is 2.15. The molecule has 5 nitrogen and oxygen atoms in total. The van der Waals surface area contributed by atoms with Crippen LogP contribution in [0.4, 0.5) is 0 Å². The summed E-state index contributed by atoms with van der Waals surface area (Å²) in [5.41, 5.74) is 0.919. The predicted octanol–water partition coefficient (Wildman–Crippen LogP) is 1.86. The van der Waals surface area contributed by atoms with E-state index in [0.717, 1.165) is 5.56 Å². The Labute approximate surface area is 91.5 Å². The van der Waals surface area contributed by atoms with E-state index in [2.05, 4.69) is 20.3 Å². The minimum atomic E-state index is 0.472. The molecule has 0 atom stereocenters. The van der Waals surface area contributed by atoms with Crippen LogP contribution < -0.4 is 0 Å². The third-order valence-electron chi connectivity index (χ3n) is 1.82. The lowest BCUT2D eigenvalue weighted by Gasteiger charge is -1.98. The van der Waals surface area contributed by atoms with E-state index in [4.69, 9.17) is 12.2 Å². The quantitative estimate of drug-likeness (QED) is 0.619. The van der Waals surface area contributed by atoms with Crippen molar-refractivity contribution in [3.8, 4) is 11.4 Å². The Kier molecular flexibility index (Phi) is 2.68. The Balaban J connectivity index is 2.59. The van der Waals surface area contributed by atoms with Gasteiger partial charge < -0.3 is 0 Å². The molecule has 0 spiro atoms. The Morgan fingerprint density at radius 2 is 2.20 bits per heavy atom. The SMILES string of the molecule is C/C=N/n1c(-c2ccncc2)n[nH]c1=S. The van der Waals surface area contributed by atoms with Crippen LogP contribution in [0.2, 0.25) is 0 Å². The fourth-order valence-corrected chi connectivity index (χ4v) is 1.38. The number of aromatic nitrogens is 4. The molecule has 0 bridgehead atoms. The predicted molar refractivity (Wildman–Crippen MR) is 60.2 cm³/mol. The highest BCUT2D eigenvalue weighted by atomic mass is 32.1. The molecule has 2 rings (SSSR count). The number of pyridine rings is 1. The third kappa shape index (κ3) is 1.84. The van der Waals surface area contributed by atoms with Gasteiger partial charge in [0, 0.05) is 24.2 Å². The standard InChI is InChI=1S/C9H9N5S/c1-2-11-14-8(12-13-9(14)15)7-3-5-10-6-4-7/h2-6H,1H3,(H,13,15)/b11-2+. The van der Waals surface area contributed by atoms with Crippen molar-refractivity contribution >= 4 is 18.4 Å². The monoisotopic (exact) mass is 219 g/mol. The highest BCUT2D eigenvalue weighted by Gasteiger charge is 2.06. The summed E-state index contributed by atoms with van der Waals surface area (Å²) in [7, 11) is 0. The molecule has 6 heteroatoms. The smallest absolute Gasteiger partial charge is 0.216 e. The van der Waals surface area contributed by atoms with Gasteiger partial charge in [-0.15, -0.1) is 0 Å². The Hall–Kier alpha value is -1.82. The maximum Gasteiger partial charge on any atom is 0.216 e. The van der Waals surface area contributed by atoms with Crippen molar-refractivity contribution in [3.63, 3.8) is 0 Å². The number of nitrogens with zero attached hydrogens (tertiary/aromatic N) is 4. The Morgan fingerprint density at radius 1 is 1.47 bits per heavy atom. The van der Waals surface area contributed by atoms with E-state index in [0.29, 0.717) is 10.6 Å². The molecule has 2 aromatic heterocycles. The molecule has 0 fully saturated rings. The average Bonchev–Trinajstić information content (AvgIpc) is 2.63. The maximum atomic E-state index is 5.05. The van der Waals surface area contributed by atoms with Crippen molar-refractivity contribution in [2.45, 2.75) is 6.92 Å². The molecular formula is C9H9N5S. The van der Waals surface area contributed by atoms with E-state index in [1.807, 2.05) is 19.1 Å². The largest absolute Gasteiger partial charge is 0.265 e. The van der Waals surface area contributed by atoms with Crippen molar-refractivity contribution in [1.29, 1.82) is 0 Å². The summed E-state index contributed by atoms with van der Waals surface area (Å²) in [5.74, 6) is 0.681. The van der Waals surface area contributed by atoms with Gasteiger partial charge >= 0.3 is 0 Å². The summed E-state index contributed by atoms with van der Waals surface area (Å²) in [6, 6.07) is 3.71. The number of rotatable bonds is 2. The molecule has 0 aromatic carbocycles. The zero-order valence-corrected chi connectivity index (χ0v) is 8.90. The lowest BCUT2D eigenvalue weighted by molar-refractivity contribution is 0.870. The number of hydrogen-bond donors (Lipinski definition) is 1. The van der Waals surface area contributed by atoms with Crippen molar-refractivity contribution < 1.29 is 0 Å². The molecule has 76 valence electrons. The molecule has 2 heterocycles.